The van der Waals surface area contributed by atoms with Gasteiger partial charge in [0.1, 0.15) is 11.9 Å². The number of ether oxygens (including phenoxy) is 1. The van der Waals surface area contributed by atoms with Gasteiger partial charge in [-0.3, -0.25) is 4.79 Å². The molecule has 1 amide bonds. The van der Waals surface area contributed by atoms with Crippen LogP contribution in [0.15, 0.2) is 48.5 Å². The molecule has 2 aromatic carbocycles. The van der Waals surface area contributed by atoms with Crippen LogP contribution < -0.4 is 4.74 Å². The number of carboxylic acid groups (broad SMARTS) is 1. The summed E-state index contributed by atoms with van der Waals surface area (Å²) in [5, 5.41) is 9.05. The highest BCUT2D eigenvalue weighted by molar-refractivity contribution is 5.88. The van der Waals surface area contributed by atoms with Gasteiger partial charge in [-0.15, -0.1) is 0 Å². The summed E-state index contributed by atoms with van der Waals surface area (Å²) in [5.41, 5.74) is 2.14. The molecule has 1 N–H and O–H groups in total. The summed E-state index contributed by atoms with van der Waals surface area (Å²) in [4.78, 5) is 25.4. The lowest BCUT2D eigenvalue weighted by Gasteiger charge is -2.32. The van der Waals surface area contributed by atoms with Gasteiger partial charge in [-0.05, 0) is 36.8 Å². The lowest BCUT2D eigenvalue weighted by Crippen LogP contribution is -2.42. The van der Waals surface area contributed by atoms with Gasteiger partial charge < -0.3 is 14.7 Å². The standard InChI is InChI=1S/C21H23NO4/c1-15-5-7-18(8-6-15)26-19-9-11-22(12-10-19)20(23)14-16-3-2-4-17(13-16)21(24)25/h2-8,13,19H,9-12,14H2,1H3,(H,24,25). The van der Waals surface area contributed by atoms with Crippen LogP contribution in [0.25, 0.3) is 0 Å². The maximum Gasteiger partial charge on any atom is 0.335 e. The molecule has 3 rings (SSSR count). The van der Waals surface area contributed by atoms with Crippen LogP contribution >= 0.6 is 0 Å². The summed E-state index contributed by atoms with van der Waals surface area (Å²) in [5.74, 6) is -0.0828. The average Bonchev–Trinajstić information content (AvgIpc) is 2.64. The zero-order valence-electron chi connectivity index (χ0n) is 14.9. The molecule has 1 fully saturated rings. The van der Waals surface area contributed by atoms with Gasteiger partial charge in [0.25, 0.3) is 0 Å². The zero-order chi connectivity index (χ0) is 18.5. The molecule has 0 bridgehead atoms. The fourth-order valence-corrected chi connectivity index (χ4v) is 3.13. The Hall–Kier alpha value is -2.82. The number of aryl methyl sites for hydroxylation is 1. The van der Waals surface area contributed by atoms with Gasteiger partial charge in [-0.25, -0.2) is 4.79 Å². The molecule has 1 saturated heterocycles. The van der Waals surface area contributed by atoms with Gasteiger partial charge in [0.2, 0.25) is 5.91 Å². The normalized spacial score (nSPS) is 14.9. The second kappa shape index (κ2) is 8.04. The van der Waals surface area contributed by atoms with E-state index in [0.29, 0.717) is 13.1 Å². The van der Waals surface area contributed by atoms with Crippen molar-refractivity contribution in [3.8, 4) is 5.75 Å². The fraction of sp³-hybridized carbons (Fsp3) is 0.333. The molecule has 0 spiro atoms. The van der Waals surface area contributed by atoms with Gasteiger partial charge >= 0.3 is 5.97 Å². The van der Waals surface area contributed by atoms with Crippen LogP contribution in [0.1, 0.15) is 34.3 Å². The van der Waals surface area contributed by atoms with Crippen LogP contribution in [0.3, 0.4) is 0 Å². The van der Waals surface area contributed by atoms with Crippen molar-refractivity contribution in [2.75, 3.05) is 13.1 Å². The predicted molar refractivity (Wildman–Crippen MR) is 98.5 cm³/mol. The summed E-state index contributed by atoms with van der Waals surface area (Å²) in [6, 6.07) is 14.6. The highest BCUT2D eigenvalue weighted by atomic mass is 16.5. The summed E-state index contributed by atoms with van der Waals surface area (Å²) in [7, 11) is 0. The number of piperidine rings is 1. The average molecular weight is 353 g/mol. The third kappa shape index (κ3) is 4.63. The Morgan fingerprint density at radius 2 is 1.81 bits per heavy atom. The van der Waals surface area contributed by atoms with E-state index in [1.54, 1.807) is 18.2 Å². The zero-order valence-corrected chi connectivity index (χ0v) is 14.9. The summed E-state index contributed by atoms with van der Waals surface area (Å²) in [6.45, 7) is 3.36. The van der Waals surface area contributed by atoms with Crippen LogP contribution in [-0.4, -0.2) is 41.1 Å². The van der Waals surface area contributed by atoms with Gasteiger partial charge in [-0.1, -0.05) is 29.8 Å². The molecule has 5 nitrogen and oxygen atoms in total. The molecule has 0 aliphatic carbocycles. The van der Waals surface area contributed by atoms with E-state index < -0.39 is 5.97 Å². The van der Waals surface area contributed by atoms with Crippen molar-refractivity contribution in [2.45, 2.75) is 32.3 Å². The molecule has 2 aromatic rings. The van der Waals surface area contributed by atoms with Crippen LogP contribution in [-0.2, 0) is 11.2 Å². The minimum absolute atomic E-state index is 0.0290. The Bertz CT molecular complexity index is 777. The van der Waals surface area contributed by atoms with E-state index in [1.165, 1.54) is 11.6 Å². The molecular weight excluding hydrogens is 330 g/mol. The molecule has 0 radical (unpaired) electrons. The van der Waals surface area contributed by atoms with Crippen molar-refractivity contribution in [1.29, 1.82) is 0 Å². The molecule has 1 aliphatic rings. The summed E-state index contributed by atoms with van der Waals surface area (Å²) in [6.07, 6.45) is 1.95. The Morgan fingerprint density at radius 3 is 2.46 bits per heavy atom. The lowest BCUT2D eigenvalue weighted by molar-refractivity contribution is -0.132. The Morgan fingerprint density at radius 1 is 1.12 bits per heavy atom. The van der Waals surface area contributed by atoms with Gasteiger partial charge in [0, 0.05) is 25.9 Å². The van der Waals surface area contributed by atoms with Gasteiger partial charge in [-0.2, -0.15) is 0 Å². The highest BCUT2D eigenvalue weighted by Gasteiger charge is 2.24. The number of hydrogen-bond acceptors (Lipinski definition) is 3. The monoisotopic (exact) mass is 353 g/mol. The topological polar surface area (TPSA) is 66.8 Å². The number of rotatable bonds is 5. The van der Waals surface area contributed by atoms with Crippen molar-refractivity contribution in [1.82, 2.24) is 4.90 Å². The van der Waals surface area contributed by atoms with Crippen molar-refractivity contribution in [3.63, 3.8) is 0 Å². The lowest BCUT2D eigenvalue weighted by atomic mass is 10.0. The molecular formula is C21H23NO4. The molecule has 0 saturated carbocycles. The Kier molecular flexibility index (Phi) is 5.56. The minimum atomic E-state index is -0.978. The van der Waals surface area contributed by atoms with E-state index in [9.17, 15) is 9.59 Å². The highest BCUT2D eigenvalue weighted by Crippen LogP contribution is 2.20. The number of aromatic carboxylic acids is 1. The Balaban J connectivity index is 1.51. The smallest absolute Gasteiger partial charge is 0.335 e. The number of likely N-dealkylation sites (tertiary alicyclic amines) is 1. The second-order valence-corrected chi connectivity index (χ2v) is 6.69. The van der Waals surface area contributed by atoms with Crippen molar-refractivity contribution in [2.24, 2.45) is 0 Å². The van der Waals surface area contributed by atoms with E-state index in [0.717, 1.165) is 24.2 Å². The van der Waals surface area contributed by atoms with E-state index >= 15 is 0 Å². The van der Waals surface area contributed by atoms with Crippen molar-refractivity contribution in [3.05, 3.63) is 65.2 Å². The molecule has 0 aromatic heterocycles. The first-order valence-corrected chi connectivity index (χ1v) is 8.84. The van der Waals surface area contributed by atoms with E-state index in [2.05, 4.69) is 0 Å². The van der Waals surface area contributed by atoms with Crippen LogP contribution in [0.2, 0.25) is 0 Å². The quantitative estimate of drug-likeness (QED) is 0.896. The summed E-state index contributed by atoms with van der Waals surface area (Å²) < 4.78 is 6.00. The fourth-order valence-electron chi connectivity index (χ4n) is 3.13. The van der Waals surface area contributed by atoms with Crippen LogP contribution in [0.4, 0.5) is 0 Å². The molecule has 136 valence electrons. The van der Waals surface area contributed by atoms with E-state index in [1.807, 2.05) is 36.1 Å². The van der Waals surface area contributed by atoms with Crippen molar-refractivity contribution < 1.29 is 19.4 Å². The molecule has 0 unspecified atom stereocenters. The number of carboxylic acids is 1. The number of carbonyl (C=O) groups is 2. The van der Waals surface area contributed by atoms with Crippen LogP contribution in [0, 0.1) is 6.92 Å². The number of amides is 1. The summed E-state index contributed by atoms with van der Waals surface area (Å²) >= 11 is 0. The minimum Gasteiger partial charge on any atom is -0.490 e. The molecule has 26 heavy (non-hydrogen) atoms. The van der Waals surface area contributed by atoms with Gasteiger partial charge in [0.15, 0.2) is 0 Å². The number of carbonyl (C=O) groups excluding carboxylic acids is 1. The molecule has 1 heterocycles. The number of nitrogens with zero attached hydrogens (tertiary/aromatic N) is 1. The maximum atomic E-state index is 12.5. The maximum absolute atomic E-state index is 12.5. The number of benzene rings is 2. The first-order chi connectivity index (χ1) is 12.5. The first-order valence-electron chi connectivity index (χ1n) is 8.84. The SMILES string of the molecule is Cc1ccc(OC2CCN(C(=O)Cc3cccc(C(=O)O)c3)CC2)cc1. The third-order valence-electron chi connectivity index (χ3n) is 4.65. The first kappa shape index (κ1) is 18.0. The predicted octanol–water partition coefficient (Wildman–Crippen LogP) is 3.31. The molecule has 1 aliphatic heterocycles. The van der Waals surface area contributed by atoms with E-state index in [4.69, 9.17) is 9.84 Å². The molecule has 0 atom stereocenters. The number of hydrogen-bond donors (Lipinski definition) is 1. The van der Waals surface area contributed by atoms with Crippen LogP contribution in [0.5, 0.6) is 5.75 Å². The largest absolute Gasteiger partial charge is 0.490 e. The van der Waals surface area contributed by atoms with Crippen molar-refractivity contribution >= 4 is 11.9 Å². The van der Waals surface area contributed by atoms with E-state index in [-0.39, 0.29) is 24.0 Å². The Labute approximate surface area is 153 Å². The second-order valence-electron chi connectivity index (χ2n) is 6.69. The third-order valence-corrected chi connectivity index (χ3v) is 4.65. The van der Waals surface area contributed by atoms with Gasteiger partial charge in [0.05, 0.1) is 12.0 Å². The molecule has 5 heteroatoms.